The van der Waals surface area contributed by atoms with E-state index in [0.717, 1.165) is 25.4 Å². The number of carboxylic acids is 1. The molecule has 0 radical (unpaired) electrons. The molecule has 1 rings (SSSR count). The van der Waals surface area contributed by atoms with E-state index in [0.29, 0.717) is 0 Å². The molecule has 1 fully saturated rings. The molecule has 0 saturated carbocycles. The Hall–Kier alpha value is -0.260. The van der Waals surface area contributed by atoms with E-state index in [-0.39, 0.29) is 17.8 Å². The molecule has 15 heavy (non-hydrogen) atoms. The van der Waals surface area contributed by atoms with Crippen LogP contribution in [-0.2, 0) is 9.53 Å². The molecule has 1 aliphatic heterocycles. The second-order valence-corrected chi connectivity index (χ2v) is 5.47. The second-order valence-electron chi connectivity index (χ2n) is 4.00. The highest BCUT2D eigenvalue weighted by Crippen LogP contribution is 2.18. The van der Waals surface area contributed by atoms with Gasteiger partial charge in [-0.15, -0.1) is 0 Å². The summed E-state index contributed by atoms with van der Waals surface area (Å²) >= 11 is 1.68. The average Bonchev–Trinajstić information content (AvgIpc) is 2.14. The summed E-state index contributed by atoms with van der Waals surface area (Å²) in [5.41, 5.74) is 0. The van der Waals surface area contributed by atoms with Crippen LogP contribution in [0.5, 0.6) is 0 Å². The number of likely N-dealkylation sites (N-methyl/N-ethyl adjacent to an activating group) is 1. The first kappa shape index (κ1) is 12.8. The largest absolute Gasteiger partial charge is 0.481 e. The van der Waals surface area contributed by atoms with Gasteiger partial charge in [0, 0.05) is 24.1 Å². The fourth-order valence-electron chi connectivity index (χ4n) is 1.54. The van der Waals surface area contributed by atoms with Gasteiger partial charge in [-0.25, -0.2) is 0 Å². The van der Waals surface area contributed by atoms with Gasteiger partial charge in [0.25, 0.3) is 0 Å². The minimum Gasteiger partial charge on any atom is -0.481 e. The first-order chi connectivity index (χ1) is 7.08. The fraction of sp³-hybridized carbons (Fsp3) is 0.900. The molecule has 4 nitrogen and oxygen atoms in total. The third kappa shape index (κ3) is 5.39. The monoisotopic (exact) mass is 233 g/mol. The van der Waals surface area contributed by atoms with E-state index in [2.05, 4.69) is 11.9 Å². The molecule has 0 aromatic heterocycles. The molecule has 0 spiro atoms. The molecule has 1 heterocycles. The number of thioether (sulfide) groups is 1. The highest BCUT2D eigenvalue weighted by atomic mass is 32.2. The zero-order valence-corrected chi connectivity index (χ0v) is 10.1. The number of hydrogen-bond donors (Lipinski definition) is 1. The highest BCUT2D eigenvalue weighted by molar-refractivity contribution is 7.99. The summed E-state index contributed by atoms with van der Waals surface area (Å²) < 4.78 is 5.59. The van der Waals surface area contributed by atoms with Crippen molar-refractivity contribution in [2.75, 3.05) is 32.5 Å². The number of nitrogens with zero attached hydrogens (tertiary/aromatic N) is 1. The lowest BCUT2D eigenvalue weighted by Crippen LogP contribution is -2.41. The smallest absolute Gasteiger partial charge is 0.304 e. The van der Waals surface area contributed by atoms with Gasteiger partial charge in [-0.05, 0) is 7.05 Å². The average molecular weight is 233 g/mol. The molecule has 2 unspecified atom stereocenters. The Balaban J connectivity index is 2.15. The van der Waals surface area contributed by atoms with Crippen molar-refractivity contribution in [1.29, 1.82) is 0 Å². The predicted molar refractivity (Wildman–Crippen MR) is 61.4 cm³/mol. The summed E-state index contributed by atoms with van der Waals surface area (Å²) in [4.78, 5) is 12.7. The topological polar surface area (TPSA) is 49.8 Å². The van der Waals surface area contributed by atoms with Crippen LogP contribution in [0.25, 0.3) is 0 Å². The summed E-state index contributed by atoms with van der Waals surface area (Å²) in [7, 11) is 2.08. The van der Waals surface area contributed by atoms with Crippen molar-refractivity contribution in [3.63, 3.8) is 0 Å². The van der Waals surface area contributed by atoms with Crippen molar-refractivity contribution in [2.24, 2.45) is 0 Å². The maximum atomic E-state index is 10.5. The normalized spacial score (nSPS) is 25.1. The molecule has 0 aliphatic carbocycles. The number of aliphatic carboxylic acids is 1. The number of carbonyl (C=O) groups is 1. The lowest BCUT2D eigenvalue weighted by atomic mass is 10.3. The van der Waals surface area contributed by atoms with E-state index in [4.69, 9.17) is 9.84 Å². The van der Waals surface area contributed by atoms with Crippen molar-refractivity contribution < 1.29 is 14.6 Å². The van der Waals surface area contributed by atoms with Crippen molar-refractivity contribution in [1.82, 2.24) is 4.90 Å². The third-order valence-corrected chi connectivity index (χ3v) is 3.67. The molecule has 2 atom stereocenters. The van der Waals surface area contributed by atoms with Gasteiger partial charge in [-0.3, -0.25) is 4.79 Å². The number of rotatable bonds is 5. The molecule has 1 N–H and O–H groups in total. The van der Waals surface area contributed by atoms with E-state index in [1.165, 1.54) is 0 Å². The zero-order chi connectivity index (χ0) is 11.3. The molecule has 1 aliphatic rings. The number of hydrogen-bond acceptors (Lipinski definition) is 4. The Morgan fingerprint density at radius 2 is 2.47 bits per heavy atom. The van der Waals surface area contributed by atoms with E-state index in [1.807, 2.05) is 6.92 Å². The van der Waals surface area contributed by atoms with Gasteiger partial charge >= 0.3 is 5.97 Å². The lowest BCUT2D eigenvalue weighted by Gasteiger charge is -2.30. The van der Waals surface area contributed by atoms with E-state index in [1.54, 1.807) is 11.8 Å². The number of ether oxygens (including phenoxy) is 1. The van der Waals surface area contributed by atoms with Crippen molar-refractivity contribution >= 4 is 17.7 Å². The quantitative estimate of drug-likeness (QED) is 0.765. The minimum atomic E-state index is -0.725. The predicted octanol–water partition coefficient (Wildman–Crippen LogP) is 0.913. The molecule has 0 aromatic rings. The summed E-state index contributed by atoms with van der Waals surface area (Å²) in [5, 5.41) is 8.78. The first-order valence-electron chi connectivity index (χ1n) is 5.21. The molecule has 5 heteroatoms. The molecular formula is C10H19NO3S. The van der Waals surface area contributed by atoms with Crippen molar-refractivity contribution in [3.05, 3.63) is 0 Å². The van der Waals surface area contributed by atoms with Crippen LogP contribution in [0.4, 0.5) is 0 Å². The van der Waals surface area contributed by atoms with Gasteiger partial charge in [0.1, 0.15) is 0 Å². The Bertz CT molecular complexity index is 213. The van der Waals surface area contributed by atoms with E-state index >= 15 is 0 Å². The van der Waals surface area contributed by atoms with Crippen LogP contribution in [0.2, 0.25) is 0 Å². The molecule has 88 valence electrons. The van der Waals surface area contributed by atoms with Gasteiger partial charge < -0.3 is 14.7 Å². The van der Waals surface area contributed by atoms with Gasteiger partial charge in [-0.1, -0.05) is 6.92 Å². The Kier molecular flexibility index (Phi) is 5.42. The van der Waals surface area contributed by atoms with Crippen LogP contribution in [0, 0.1) is 0 Å². The van der Waals surface area contributed by atoms with E-state index < -0.39 is 5.97 Å². The molecular weight excluding hydrogens is 214 g/mol. The first-order valence-corrected chi connectivity index (χ1v) is 6.26. The molecule has 0 aromatic carbocycles. The van der Waals surface area contributed by atoms with Gasteiger partial charge in [0.15, 0.2) is 0 Å². The molecule has 0 amide bonds. The van der Waals surface area contributed by atoms with E-state index in [9.17, 15) is 4.79 Å². The summed E-state index contributed by atoms with van der Waals surface area (Å²) in [6.07, 6.45) is 0.484. The Morgan fingerprint density at radius 3 is 3.07 bits per heavy atom. The van der Waals surface area contributed by atoms with Crippen LogP contribution in [0.15, 0.2) is 0 Å². The Morgan fingerprint density at radius 1 is 1.73 bits per heavy atom. The highest BCUT2D eigenvalue weighted by Gasteiger charge is 2.19. The standard InChI is InChI=1S/C10H19NO3S/c1-8(5-10(12)13)15-7-9-6-11(2)3-4-14-9/h8-9H,3-7H2,1-2H3,(H,12,13). The maximum absolute atomic E-state index is 10.5. The summed E-state index contributed by atoms with van der Waals surface area (Å²) in [5.74, 6) is 0.162. The van der Waals surface area contributed by atoms with Gasteiger partial charge in [-0.2, -0.15) is 11.8 Å². The fourth-order valence-corrected chi connectivity index (χ4v) is 2.55. The van der Waals surface area contributed by atoms with Gasteiger partial charge in [0.05, 0.1) is 19.1 Å². The van der Waals surface area contributed by atoms with Gasteiger partial charge in [0.2, 0.25) is 0 Å². The zero-order valence-electron chi connectivity index (χ0n) is 9.31. The summed E-state index contributed by atoms with van der Waals surface area (Å²) in [6.45, 7) is 4.68. The maximum Gasteiger partial charge on any atom is 0.304 e. The van der Waals surface area contributed by atoms with Crippen LogP contribution >= 0.6 is 11.8 Å². The SMILES string of the molecule is CC(CC(=O)O)SCC1CN(C)CCO1. The molecule has 0 bridgehead atoms. The van der Waals surface area contributed by atoms with Crippen LogP contribution < -0.4 is 0 Å². The van der Waals surface area contributed by atoms with Crippen LogP contribution in [0.3, 0.4) is 0 Å². The van der Waals surface area contributed by atoms with Crippen LogP contribution in [0.1, 0.15) is 13.3 Å². The third-order valence-electron chi connectivity index (χ3n) is 2.37. The summed E-state index contributed by atoms with van der Waals surface area (Å²) in [6, 6.07) is 0. The van der Waals surface area contributed by atoms with Crippen molar-refractivity contribution in [2.45, 2.75) is 24.7 Å². The molecule has 1 saturated heterocycles. The van der Waals surface area contributed by atoms with Crippen molar-refractivity contribution in [3.8, 4) is 0 Å². The second kappa shape index (κ2) is 6.35. The number of carboxylic acid groups (broad SMARTS) is 1. The lowest BCUT2D eigenvalue weighted by molar-refractivity contribution is -0.136. The number of morpholine rings is 1. The van der Waals surface area contributed by atoms with Crippen LogP contribution in [-0.4, -0.2) is 59.8 Å². The minimum absolute atomic E-state index is 0.165. The Labute approximate surface area is 95.0 Å².